The summed E-state index contributed by atoms with van der Waals surface area (Å²) in [5.41, 5.74) is 1.65. The molecule has 1 heterocycles. The Balaban J connectivity index is 1.62. The molecule has 2 aliphatic rings. The largest absolute Gasteiger partial charge is 0.393 e. The molecule has 0 aromatic heterocycles. The Kier molecular flexibility index (Phi) is 5.51. The van der Waals surface area contributed by atoms with Gasteiger partial charge < -0.3 is 20.1 Å². The summed E-state index contributed by atoms with van der Waals surface area (Å²) in [6.45, 7) is 4.89. The van der Waals surface area contributed by atoms with Crippen LogP contribution in [0.2, 0.25) is 0 Å². The molecular weight excluding hydrogens is 295 g/mol. The van der Waals surface area contributed by atoms with E-state index in [0.717, 1.165) is 44.3 Å². The highest BCUT2D eigenvalue weighted by molar-refractivity contribution is 5.49. The van der Waals surface area contributed by atoms with Crippen molar-refractivity contribution in [2.75, 3.05) is 31.2 Å². The van der Waals surface area contributed by atoms with Gasteiger partial charge in [0.05, 0.1) is 25.0 Å². The minimum Gasteiger partial charge on any atom is -0.393 e. The van der Waals surface area contributed by atoms with Crippen LogP contribution in [0, 0.1) is 5.82 Å². The first-order valence-electron chi connectivity index (χ1n) is 8.69. The van der Waals surface area contributed by atoms with Crippen molar-refractivity contribution in [1.29, 1.82) is 0 Å². The molecule has 0 spiro atoms. The maximum Gasteiger partial charge on any atom is 0.146 e. The van der Waals surface area contributed by atoms with Crippen molar-refractivity contribution in [2.24, 2.45) is 0 Å². The molecule has 1 aromatic carbocycles. The molecule has 1 aromatic rings. The number of anilines is 1. The van der Waals surface area contributed by atoms with E-state index in [1.54, 1.807) is 6.07 Å². The second-order valence-corrected chi connectivity index (χ2v) is 6.70. The van der Waals surface area contributed by atoms with Crippen LogP contribution in [0.25, 0.3) is 0 Å². The highest BCUT2D eigenvalue weighted by Crippen LogP contribution is 2.26. The smallest absolute Gasteiger partial charge is 0.146 e. The lowest BCUT2D eigenvalue weighted by atomic mass is 9.92. The van der Waals surface area contributed by atoms with Crippen molar-refractivity contribution in [1.82, 2.24) is 5.32 Å². The number of hydrogen-bond acceptors (Lipinski definition) is 4. The summed E-state index contributed by atoms with van der Waals surface area (Å²) >= 11 is 0. The van der Waals surface area contributed by atoms with E-state index >= 15 is 0 Å². The molecule has 2 fully saturated rings. The van der Waals surface area contributed by atoms with Gasteiger partial charge in [-0.2, -0.15) is 0 Å². The van der Waals surface area contributed by atoms with Crippen molar-refractivity contribution in [3.05, 3.63) is 29.6 Å². The summed E-state index contributed by atoms with van der Waals surface area (Å²) < 4.78 is 19.8. The highest BCUT2D eigenvalue weighted by atomic mass is 19.1. The maximum absolute atomic E-state index is 14.5. The number of benzene rings is 1. The Labute approximate surface area is 137 Å². The summed E-state index contributed by atoms with van der Waals surface area (Å²) in [4.78, 5) is 2.04. The molecule has 1 unspecified atom stereocenters. The average Bonchev–Trinajstić information content (AvgIpc) is 2.57. The molecule has 4 nitrogen and oxygen atoms in total. The fourth-order valence-corrected chi connectivity index (χ4v) is 3.55. The lowest BCUT2D eigenvalue weighted by Crippen LogP contribution is -2.37. The fourth-order valence-electron chi connectivity index (χ4n) is 3.55. The quantitative estimate of drug-likeness (QED) is 0.894. The van der Waals surface area contributed by atoms with E-state index < -0.39 is 0 Å². The summed E-state index contributed by atoms with van der Waals surface area (Å²) in [6.07, 6.45) is 3.54. The molecule has 1 saturated carbocycles. The van der Waals surface area contributed by atoms with Crippen LogP contribution in [0.3, 0.4) is 0 Å². The molecule has 5 heteroatoms. The van der Waals surface area contributed by atoms with Gasteiger partial charge in [0.2, 0.25) is 0 Å². The first-order valence-corrected chi connectivity index (χ1v) is 8.69. The Hall–Kier alpha value is -1.17. The molecule has 2 N–H and O–H groups in total. The van der Waals surface area contributed by atoms with Crippen molar-refractivity contribution < 1.29 is 14.2 Å². The number of rotatable bonds is 4. The SMILES string of the molecule is CC(NC1CCC(O)CC1)c1ccc(N2CCOCC2)c(F)c1. The fraction of sp³-hybridized carbons (Fsp3) is 0.667. The van der Waals surface area contributed by atoms with E-state index in [-0.39, 0.29) is 18.0 Å². The predicted octanol–water partition coefficient (Wildman–Crippen LogP) is 2.62. The zero-order valence-electron chi connectivity index (χ0n) is 13.8. The normalized spacial score (nSPS) is 27.0. The van der Waals surface area contributed by atoms with E-state index in [1.807, 2.05) is 17.0 Å². The first kappa shape index (κ1) is 16.7. The summed E-state index contributed by atoms with van der Waals surface area (Å²) in [7, 11) is 0. The molecule has 1 aliphatic heterocycles. The standard InChI is InChI=1S/C18H27FN2O2/c1-13(20-15-3-5-16(22)6-4-15)14-2-7-18(17(19)12-14)21-8-10-23-11-9-21/h2,7,12-13,15-16,20,22H,3-6,8-11H2,1H3. The number of halogens is 1. The van der Waals surface area contributed by atoms with E-state index in [0.29, 0.717) is 24.9 Å². The zero-order valence-corrected chi connectivity index (χ0v) is 13.8. The molecule has 0 amide bonds. The number of aliphatic hydroxyl groups excluding tert-OH is 1. The van der Waals surface area contributed by atoms with Gasteiger partial charge in [-0.15, -0.1) is 0 Å². The van der Waals surface area contributed by atoms with Crippen molar-refractivity contribution in [2.45, 2.75) is 50.8 Å². The number of nitrogens with one attached hydrogen (secondary N) is 1. The Morgan fingerprint density at radius 3 is 2.57 bits per heavy atom. The molecule has 128 valence electrons. The van der Waals surface area contributed by atoms with Crippen LogP contribution in [0.4, 0.5) is 10.1 Å². The number of aliphatic hydroxyl groups is 1. The third-order valence-electron chi connectivity index (χ3n) is 5.01. The number of ether oxygens (including phenoxy) is 1. The molecule has 0 bridgehead atoms. The van der Waals surface area contributed by atoms with Crippen molar-refractivity contribution in [3.8, 4) is 0 Å². The van der Waals surface area contributed by atoms with Gasteiger partial charge in [-0.05, 0) is 50.3 Å². The third kappa shape index (κ3) is 4.22. The van der Waals surface area contributed by atoms with Crippen LogP contribution in [-0.2, 0) is 4.74 Å². The van der Waals surface area contributed by atoms with E-state index in [9.17, 15) is 9.50 Å². The molecular formula is C18H27FN2O2. The second-order valence-electron chi connectivity index (χ2n) is 6.70. The van der Waals surface area contributed by atoms with E-state index in [2.05, 4.69) is 12.2 Å². The Bertz CT molecular complexity index is 512. The predicted molar refractivity (Wildman–Crippen MR) is 89.2 cm³/mol. The Morgan fingerprint density at radius 2 is 1.91 bits per heavy atom. The molecule has 0 radical (unpaired) electrons. The molecule has 3 rings (SSSR count). The second kappa shape index (κ2) is 7.60. The van der Waals surface area contributed by atoms with E-state index in [4.69, 9.17) is 4.74 Å². The van der Waals surface area contributed by atoms with Gasteiger partial charge in [0.1, 0.15) is 5.82 Å². The number of hydrogen-bond donors (Lipinski definition) is 2. The molecule has 1 atom stereocenters. The minimum atomic E-state index is -0.155. The van der Waals surface area contributed by atoms with Crippen molar-refractivity contribution >= 4 is 5.69 Å². The van der Waals surface area contributed by atoms with Gasteiger partial charge in [-0.25, -0.2) is 4.39 Å². The summed E-state index contributed by atoms with van der Waals surface area (Å²) in [5, 5.41) is 13.1. The Morgan fingerprint density at radius 1 is 1.22 bits per heavy atom. The number of nitrogens with zero attached hydrogens (tertiary/aromatic N) is 1. The first-order chi connectivity index (χ1) is 11.1. The van der Waals surface area contributed by atoms with Crippen molar-refractivity contribution in [3.63, 3.8) is 0 Å². The van der Waals surface area contributed by atoms with Gasteiger partial charge in [0.25, 0.3) is 0 Å². The van der Waals surface area contributed by atoms with Gasteiger partial charge >= 0.3 is 0 Å². The van der Waals surface area contributed by atoms with Crippen LogP contribution in [0.15, 0.2) is 18.2 Å². The summed E-state index contributed by atoms with van der Waals surface area (Å²) in [5.74, 6) is -0.155. The topological polar surface area (TPSA) is 44.7 Å². The minimum absolute atomic E-state index is 0.114. The molecule has 1 saturated heterocycles. The maximum atomic E-state index is 14.5. The van der Waals surface area contributed by atoms with E-state index in [1.165, 1.54) is 0 Å². The monoisotopic (exact) mass is 322 g/mol. The molecule has 1 aliphatic carbocycles. The van der Waals surface area contributed by atoms with Crippen LogP contribution in [-0.4, -0.2) is 43.6 Å². The summed E-state index contributed by atoms with van der Waals surface area (Å²) in [6, 6.07) is 6.08. The van der Waals surface area contributed by atoms with Crippen LogP contribution in [0.1, 0.15) is 44.2 Å². The van der Waals surface area contributed by atoms with Gasteiger partial charge in [-0.3, -0.25) is 0 Å². The lowest BCUT2D eigenvalue weighted by molar-refractivity contribution is 0.114. The van der Waals surface area contributed by atoms with Gasteiger partial charge in [0, 0.05) is 25.2 Å². The molecule has 23 heavy (non-hydrogen) atoms. The lowest BCUT2D eigenvalue weighted by Gasteiger charge is -2.31. The third-order valence-corrected chi connectivity index (χ3v) is 5.01. The van der Waals surface area contributed by atoms with Crippen LogP contribution in [0.5, 0.6) is 0 Å². The van der Waals surface area contributed by atoms with Crippen LogP contribution >= 0.6 is 0 Å². The zero-order chi connectivity index (χ0) is 16.2. The van der Waals surface area contributed by atoms with Crippen LogP contribution < -0.4 is 10.2 Å². The highest BCUT2D eigenvalue weighted by Gasteiger charge is 2.22. The average molecular weight is 322 g/mol. The number of morpholine rings is 1. The van der Waals surface area contributed by atoms with Gasteiger partial charge in [0.15, 0.2) is 0 Å². The van der Waals surface area contributed by atoms with Gasteiger partial charge in [-0.1, -0.05) is 6.07 Å².